The van der Waals surface area contributed by atoms with Gasteiger partial charge in [0.2, 0.25) is 0 Å². The summed E-state index contributed by atoms with van der Waals surface area (Å²) < 4.78 is 5.68. The summed E-state index contributed by atoms with van der Waals surface area (Å²) in [5.41, 5.74) is 0. The molecule has 1 aromatic rings. The third-order valence-corrected chi connectivity index (χ3v) is 3.27. The van der Waals surface area contributed by atoms with Gasteiger partial charge in [0.05, 0.1) is 6.61 Å². The van der Waals surface area contributed by atoms with Crippen LogP contribution >= 0.6 is 0 Å². The second-order valence-corrected chi connectivity index (χ2v) is 4.86. The van der Waals surface area contributed by atoms with Crippen LogP contribution in [-0.2, 0) is 0 Å². The summed E-state index contributed by atoms with van der Waals surface area (Å²) in [4.78, 5) is 2.49. The first-order chi connectivity index (χ1) is 8.90. The highest BCUT2D eigenvalue weighted by Crippen LogP contribution is 2.26. The van der Waals surface area contributed by atoms with Crippen molar-refractivity contribution in [1.29, 1.82) is 0 Å². The van der Waals surface area contributed by atoms with E-state index in [4.69, 9.17) is 9.84 Å². The minimum atomic E-state index is 0.295. The van der Waals surface area contributed by atoms with Gasteiger partial charge < -0.3 is 14.7 Å². The fourth-order valence-electron chi connectivity index (χ4n) is 2.16. The van der Waals surface area contributed by atoms with E-state index in [-0.39, 0.29) is 0 Å². The van der Waals surface area contributed by atoms with Crippen molar-refractivity contribution in [3.8, 4) is 5.75 Å². The van der Waals surface area contributed by atoms with Crippen molar-refractivity contribution in [3.63, 3.8) is 0 Å². The van der Waals surface area contributed by atoms with E-state index in [0.717, 1.165) is 44.3 Å². The van der Waals surface area contributed by atoms with E-state index in [1.807, 2.05) is 30.3 Å². The fourth-order valence-corrected chi connectivity index (χ4v) is 2.16. The summed E-state index contributed by atoms with van der Waals surface area (Å²) in [7, 11) is 0. The average molecular weight is 249 g/mol. The minimum absolute atomic E-state index is 0.295. The predicted molar refractivity (Wildman–Crippen MR) is 72.9 cm³/mol. The number of hydrogen-bond acceptors (Lipinski definition) is 3. The van der Waals surface area contributed by atoms with Gasteiger partial charge in [-0.15, -0.1) is 0 Å². The number of aliphatic hydroxyl groups excluding tert-OH is 1. The van der Waals surface area contributed by atoms with Gasteiger partial charge in [-0.3, -0.25) is 0 Å². The van der Waals surface area contributed by atoms with Crippen LogP contribution in [0.15, 0.2) is 30.3 Å². The molecule has 3 nitrogen and oxygen atoms in total. The van der Waals surface area contributed by atoms with Crippen LogP contribution in [-0.4, -0.2) is 42.4 Å². The molecule has 0 aliphatic heterocycles. The Bertz CT molecular complexity index is 325. The molecule has 1 saturated carbocycles. The molecule has 1 fully saturated rings. The SMILES string of the molecule is OCCCN(CCCOc1ccccc1)C1CC1. The Morgan fingerprint density at radius 2 is 1.83 bits per heavy atom. The second-order valence-electron chi connectivity index (χ2n) is 4.86. The van der Waals surface area contributed by atoms with Crippen molar-refractivity contribution in [2.24, 2.45) is 0 Å². The first-order valence-corrected chi connectivity index (χ1v) is 6.93. The molecule has 0 spiro atoms. The first-order valence-electron chi connectivity index (χ1n) is 6.93. The molecule has 0 amide bonds. The molecule has 18 heavy (non-hydrogen) atoms. The van der Waals surface area contributed by atoms with Crippen molar-refractivity contribution in [2.45, 2.75) is 31.7 Å². The number of aliphatic hydroxyl groups is 1. The molecule has 0 radical (unpaired) electrons. The Balaban J connectivity index is 1.61. The molecule has 0 heterocycles. The van der Waals surface area contributed by atoms with Crippen LogP contribution in [0.4, 0.5) is 0 Å². The summed E-state index contributed by atoms with van der Waals surface area (Å²) in [6, 6.07) is 10.7. The third-order valence-electron chi connectivity index (χ3n) is 3.27. The van der Waals surface area contributed by atoms with Gasteiger partial charge in [0.1, 0.15) is 5.75 Å². The Labute approximate surface area is 109 Å². The van der Waals surface area contributed by atoms with Gasteiger partial charge >= 0.3 is 0 Å². The lowest BCUT2D eigenvalue weighted by molar-refractivity contribution is 0.201. The van der Waals surface area contributed by atoms with E-state index in [0.29, 0.717) is 6.61 Å². The molecule has 1 aliphatic carbocycles. The third kappa shape index (κ3) is 4.67. The molecular weight excluding hydrogens is 226 g/mol. The number of para-hydroxylation sites is 1. The number of hydrogen-bond donors (Lipinski definition) is 1. The monoisotopic (exact) mass is 249 g/mol. The zero-order chi connectivity index (χ0) is 12.6. The summed E-state index contributed by atoms with van der Waals surface area (Å²) >= 11 is 0. The Morgan fingerprint density at radius 1 is 1.11 bits per heavy atom. The van der Waals surface area contributed by atoms with E-state index < -0.39 is 0 Å². The number of benzene rings is 1. The molecule has 1 N–H and O–H groups in total. The zero-order valence-corrected chi connectivity index (χ0v) is 10.9. The number of rotatable bonds is 9. The van der Waals surface area contributed by atoms with Gasteiger partial charge in [-0.1, -0.05) is 18.2 Å². The van der Waals surface area contributed by atoms with Gasteiger partial charge in [0.15, 0.2) is 0 Å². The molecule has 0 bridgehead atoms. The van der Waals surface area contributed by atoms with Crippen LogP contribution < -0.4 is 4.74 Å². The largest absolute Gasteiger partial charge is 0.494 e. The molecule has 100 valence electrons. The summed E-state index contributed by atoms with van der Waals surface area (Å²) in [5, 5.41) is 8.89. The highest BCUT2D eigenvalue weighted by molar-refractivity contribution is 5.20. The highest BCUT2D eigenvalue weighted by Gasteiger charge is 2.27. The predicted octanol–water partition coefficient (Wildman–Crippen LogP) is 2.30. The smallest absolute Gasteiger partial charge is 0.119 e. The van der Waals surface area contributed by atoms with Crippen LogP contribution in [0.2, 0.25) is 0 Å². The lowest BCUT2D eigenvalue weighted by atomic mass is 10.3. The van der Waals surface area contributed by atoms with Gasteiger partial charge in [-0.25, -0.2) is 0 Å². The summed E-state index contributed by atoms with van der Waals surface area (Å²) in [6.45, 7) is 3.17. The van der Waals surface area contributed by atoms with Gasteiger partial charge in [-0.2, -0.15) is 0 Å². The number of ether oxygens (including phenoxy) is 1. The molecule has 0 saturated heterocycles. The molecular formula is C15H23NO2. The van der Waals surface area contributed by atoms with E-state index in [9.17, 15) is 0 Å². The highest BCUT2D eigenvalue weighted by atomic mass is 16.5. The molecule has 0 unspecified atom stereocenters. The maximum atomic E-state index is 8.89. The van der Waals surface area contributed by atoms with Gasteiger partial charge in [0, 0.05) is 25.7 Å². The summed E-state index contributed by atoms with van der Waals surface area (Å²) in [5.74, 6) is 0.950. The van der Waals surface area contributed by atoms with Crippen molar-refractivity contribution in [3.05, 3.63) is 30.3 Å². The van der Waals surface area contributed by atoms with Crippen LogP contribution in [0.1, 0.15) is 25.7 Å². The summed E-state index contributed by atoms with van der Waals surface area (Å²) in [6.07, 6.45) is 4.59. The molecule has 2 rings (SSSR count). The standard InChI is InChI=1S/C15H23NO2/c17-12-4-10-16(14-8-9-14)11-5-13-18-15-6-2-1-3-7-15/h1-3,6-7,14,17H,4-5,8-13H2. The lowest BCUT2D eigenvalue weighted by Gasteiger charge is -2.21. The van der Waals surface area contributed by atoms with E-state index in [2.05, 4.69) is 4.90 Å². The maximum Gasteiger partial charge on any atom is 0.119 e. The van der Waals surface area contributed by atoms with E-state index in [1.54, 1.807) is 0 Å². The minimum Gasteiger partial charge on any atom is -0.494 e. The lowest BCUT2D eigenvalue weighted by Crippen LogP contribution is -2.29. The molecule has 0 atom stereocenters. The van der Waals surface area contributed by atoms with Crippen molar-refractivity contribution >= 4 is 0 Å². The maximum absolute atomic E-state index is 8.89. The van der Waals surface area contributed by atoms with Crippen LogP contribution in [0.5, 0.6) is 5.75 Å². The van der Waals surface area contributed by atoms with Crippen molar-refractivity contribution in [1.82, 2.24) is 4.90 Å². The normalized spacial score (nSPS) is 15.0. The van der Waals surface area contributed by atoms with E-state index >= 15 is 0 Å². The second kappa shape index (κ2) is 7.39. The van der Waals surface area contributed by atoms with Crippen LogP contribution in [0.3, 0.4) is 0 Å². The van der Waals surface area contributed by atoms with Gasteiger partial charge in [-0.05, 0) is 37.8 Å². The van der Waals surface area contributed by atoms with Crippen LogP contribution in [0.25, 0.3) is 0 Å². The molecule has 1 aliphatic rings. The molecule has 0 aromatic heterocycles. The topological polar surface area (TPSA) is 32.7 Å². The quantitative estimate of drug-likeness (QED) is 0.682. The van der Waals surface area contributed by atoms with Crippen LogP contribution in [0, 0.1) is 0 Å². The Morgan fingerprint density at radius 3 is 2.50 bits per heavy atom. The zero-order valence-electron chi connectivity index (χ0n) is 10.9. The Hall–Kier alpha value is -1.06. The average Bonchev–Trinajstić information content (AvgIpc) is 3.23. The molecule has 3 heteroatoms. The number of nitrogens with zero attached hydrogens (tertiary/aromatic N) is 1. The Kier molecular flexibility index (Phi) is 5.49. The van der Waals surface area contributed by atoms with Crippen molar-refractivity contribution < 1.29 is 9.84 Å². The fraction of sp³-hybridized carbons (Fsp3) is 0.600. The van der Waals surface area contributed by atoms with Crippen molar-refractivity contribution in [2.75, 3.05) is 26.3 Å². The van der Waals surface area contributed by atoms with E-state index in [1.165, 1.54) is 12.8 Å². The first kappa shape index (κ1) is 13.4. The van der Waals surface area contributed by atoms with Gasteiger partial charge in [0.25, 0.3) is 0 Å². The molecule has 1 aromatic carbocycles.